The Morgan fingerprint density at radius 1 is 1.45 bits per heavy atom. The van der Waals surface area contributed by atoms with Gasteiger partial charge in [0.25, 0.3) is 6.29 Å². The molecule has 0 aliphatic carbocycles. The summed E-state index contributed by atoms with van der Waals surface area (Å²) >= 11 is 0. The van der Waals surface area contributed by atoms with Gasteiger partial charge in [0.05, 0.1) is 12.0 Å². The SMILES string of the molecule is CC(O/N=[N+](\[O-])N(C)CC(=O)O)OC(=O)OC(C)(C)C. The molecule has 0 aliphatic rings. The summed E-state index contributed by atoms with van der Waals surface area (Å²) in [6.45, 7) is 5.73. The van der Waals surface area contributed by atoms with Gasteiger partial charge in [-0.1, -0.05) is 0 Å². The Kier molecular flexibility index (Phi) is 6.53. The fourth-order valence-corrected chi connectivity index (χ4v) is 0.856. The predicted molar refractivity (Wildman–Crippen MR) is 64.2 cm³/mol. The molecule has 0 aromatic heterocycles. The van der Waals surface area contributed by atoms with E-state index < -0.39 is 30.6 Å². The summed E-state index contributed by atoms with van der Waals surface area (Å²) in [7, 11) is 1.20. The van der Waals surface area contributed by atoms with Crippen LogP contribution in [0.5, 0.6) is 0 Å². The number of carbonyl (C=O) groups is 2. The van der Waals surface area contributed by atoms with E-state index in [1.807, 2.05) is 0 Å². The highest BCUT2D eigenvalue weighted by atomic mass is 16.8. The van der Waals surface area contributed by atoms with Crippen LogP contribution in [0, 0.1) is 5.21 Å². The first-order valence-corrected chi connectivity index (χ1v) is 5.68. The number of rotatable bonds is 6. The third-order valence-electron chi connectivity index (χ3n) is 1.57. The molecule has 0 spiro atoms. The minimum atomic E-state index is -1.21. The third-order valence-corrected chi connectivity index (χ3v) is 1.57. The van der Waals surface area contributed by atoms with Crippen LogP contribution in [0.2, 0.25) is 0 Å². The molecule has 0 rings (SSSR count). The second-order valence-corrected chi connectivity index (χ2v) is 4.80. The summed E-state index contributed by atoms with van der Waals surface area (Å²) in [5.41, 5.74) is -0.722. The molecule has 10 heteroatoms. The standard InChI is InChI=1S/C10H19N3O7/c1-7(18-9(16)19-10(2,3)4)20-11-13(17)12(5)6-8(14)15/h7H,6H2,1-5H3,(H,14,15)/b13-11-. The number of carboxylic acids is 1. The van der Waals surface area contributed by atoms with E-state index in [0.717, 1.165) is 5.01 Å². The first-order chi connectivity index (χ1) is 9.01. The molecule has 0 saturated carbocycles. The van der Waals surface area contributed by atoms with Gasteiger partial charge in [-0.3, -0.25) is 9.63 Å². The van der Waals surface area contributed by atoms with Gasteiger partial charge in [0.15, 0.2) is 6.54 Å². The Bertz CT molecular complexity index is 378. The molecular formula is C10H19N3O7. The molecule has 0 aromatic carbocycles. The van der Waals surface area contributed by atoms with Crippen molar-refractivity contribution in [1.29, 1.82) is 0 Å². The maximum Gasteiger partial charge on any atom is 0.511 e. The van der Waals surface area contributed by atoms with Crippen molar-refractivity contribution >= 4 is 12.1 Å². The van der Waals surface area contributed by atoms with E-state index in [-0.39, 0.29) is 4.97 Å². The highest BCUT2D eigenvalue weighted by molar-refractivity contribution is 5.68. The molecule has 20 heavy (non-hydrogen) atoms. The number of likely N-dealkylation sites (N-methyl/N-ethyl adjacent to an activating group) is 1. The Hall–Kier alpha value is -2.26. The lowest BCUT2D eigenvalue weighted by Crippen LogP contribution is -2.32. The van der Waals surface area contributed by atoms with Gasteiger partial charge in [0, 0.05) is 6.92 Å². The van der Waals surface area contributed by atoms with E-state index in [4.69, 9.17) is 9.84 Å². The predicted octanol–water partition coefficient (Wildman–Crippen LogP) is 1.11. The number of carboxylic acid groups (broad SMARTS) is 1. The Morgan fingerprint density at radius 2 is 2.00 bits per heavy atom. The van der Waals surface area contributed by atoms with Crippen LogP contribution in [0.4, 0.5) is 4.79 Å². The van der Waals surface area contributed by atoms with Gasteiger partial charge in [-0.15, -0.1) is 5.01 Å². The number of carbonyl (C=O) groups excluding carboxylic acids is 1. The molecule has 1 unspecified atom stereocenters. The van der Waals surface area contributed by atoms with Crippen molar-refractivity contribution in [1.82, 2.24) is 5.01 Å². The molecular weight excluding hydrogens is 274 g/mol. The van der Waals surface area contributed by atoms with E-state index >= 15 is 0 Å². The van der Waals surface area contributed by atoms with Crippen molar-refractivity contribution in [2.45, 2.75) is 39.6 Å². The van der Waals surface area contributed by atoms with E-state index in [0.29, 0.717) is 0 Å². The van der Waals surface area contributed by atoms with Crippen LogP contribution in [-0.4, -0.2) is 52.7 Å². The van der Waals surface area contributed by atoms with E-state index in [1.165, 1.54) is 14.0 Å². The van der Waals surface area contributed by atoms with Gasteiger partial charge < -0.3 is 19.8 Å². The zero-order valence-electron chi connectivity index (χ0n) is 12.0. The summed E-state index contributed by atoms with van der Waals surface area (Å²) < 4.78 is 9.51. The second kappa shape index (κ2) is 7.36. The number of nitrogens with zero attached hydrogens (tertiary/aromatic N) is 3. The van der Waals surface area contributed by atoms with Crippen molar-refractivity contribution in [2.75, 3.05) is 13.6 Å². The summed E-state index contributed by atoms with van der Waals surface area (Å²) in [6.07, 6.45) is -2.14. The zero-order chi connectivity index (χ0) is 15.9. The quantitative estimate of drug-likeness (QED) is 0.254. The van der Waals surface area contributed by atoms with Crippen LogP contribution in [0.15, 0.2) is 5.28 Å². The second-order valence-electron chi connectivity index (χ2n) is 4.80. The lowest BCUT2D eigenvalue weighted by atomic mass is 10.2. The highest BCUT2D eigenvalue weighted by Gasteiger charge is 2.21. The molecule has 0 radical (unpaired) electrons. The van der Waals surface area contributed by atoms with Crippen LogP contribution in [-0.2, 0) is 19.1 Å². The fraction of sp³-hybridized carbons (Fsp3) is 0.800. The normalized spacial score (nSPS) is 13.3. The first-order valence-electron chi connectivity index (χ1n) is 5.68. The summed E-state index contributed by atoms with van der Waals surface area (Å²) in [6, 6.07) is 0. The summed E-state index contributed by atoms with van der Waals surface area (Å²) in [5.74, 6) is -1.21. The minimum absolute atomic E-state index is 0.0803. The highest BCUT2D eigenvalue weighted by Crippen LogP contribution is 2.09. The van der Waals surface area contributed by atoms with Gasteiger partial charge in [-0.05, 0) is 20.8 Å². The summed E-state index contributed by atoms with van der Waals surface area (Å²) in [5, 5.41) is 23.4. The monoisotopic (exact) mass is 293 g/mol. The Balaban J connectivity index is 4.24. The molecule has 0 amide bonds. The van der Waals surface area contributed by atoms with E-state index in [2.05, 4.69) is 14.9 Å². The number of hydrogen-bond donors (Lipinski definition) is 1. The first kappa shape index (κ1) is 17.7. The molecule has 0 aliphatic heterocycles. The molecule has 0 bridgehead atoms. The average Bonchev–Trinajstić information content (AvgIpc) is 2.21. The summed E-state index contributed by atoms with van der Waals surface area (Å²) in [4.78, 5) is 26.1. The smallest absolute Gasteiger partial charge is 0.511 e. The van der Waals surface area contributed by atoms with Crippen LogP contribution in [0.25, 0.3) is 0 Å². The van der Waals surface area contributed by atoms with Crippen molar-refractivity contribution in [3.8, 4) is 0 Å². The maximum atomic E-state index is 11.2. The van der Waals surface area contributed by atoms with Crippen molar-refractivity contribution in [3.63, 3.8) is 0 Å². The van der Waals surface area contributed by atoms with Gasteiger partial charge in [-0.2, -0.15) is 0 Å². The molecule has 0 saturated heterocycles. The molecule has 10 nitrogen and oxygen atoms in total. The van der Waals surface area contributed by atoms with Gasteiger partial charge in [0.2, 0.25) is 5.28 Å². The van der Waals surface area contributed by atoms with Gasteiger partial charge in [0.1, 0.15) is 5.60 Å². The number of ether oxygens (including phenoxy) is 2. The largest absolute Gasteiger partial charge is 0.569 e. The number of hydrogen-bond acceptors (Lipinski definition) is 7. The Labute approximate surface area is 116 Å². The number of hydrazine groups is 1. The Morgan fingerprint density at radius 3 is 2.45 bits per heavy atom. The maximum absolute atomic E-state index is 11.2. The molecule has 0 heterocycles. The van der Waals surface area contributed by atoms with Crippen LogP contribution in [0.1, 0.15) is 27.7 Å². The number of aliphatic carboxylic acids is 1. The lowest BCUT2D eigenvalue weighted by Gasteiger charge is -2.19. The molecule has 1 atom stereocenters. The van der Waals surface area contributed by atoms with Gasteiger partial charge >= 0.3 is 12.1 Å². The van der Waals surface area contributed by atoms with Gasteiger partial charge in [-0.25, -0.2) is 4.79 Å². The fourth-order valence-electron chi connectivity index (χ4n) is 0.856. The van der Waals surface area contributed by atoms with Crippen LogP contribution < -0.4 is 0 Å². The van der Waals surface area contributed by atoms with Crippen LogP contribution in [0.3, 0.4) is 0 Å². The van der Waals surface area contributed by atoms with Crippen molar-refractivity contribution in [3.05, 3.63) is 5.21 Å². The van der Waals surface area contributed by atoms with E-state index in [1.54, 1.807) is 20.8 Å². The molecule has 1 N–H and O–H groups in total. The molecule has 116 valence electrons. The third kappa shape index (κ3) is 8.78. The topological polar surface area (TPSA) is 124 Å². The zero-order valence-corrected chi connectivity index (χ0v) is 12.0. The average molecular weight is 293 g/mol. The lowest BCUT2D eigenvalue weighted by molar-refractivity contribution is -0.705. The van der Waals surface area contributed by atoms with Crippen molar-refractivity contribution in [2.24, 2.45) is 5.28 Å². The van der Waals surface area contributed by atoms with E-state index in [9.17, 15) is 14.8 Å². The van der Waals surface area contributed by atoms with Crippen molar-refractivity contribution < 1.29 is 34.0 Å². The molecule has 0 aromatic rings. The minimum Gasteiger partial charge on any atom is -0.569 e. The van der Waals surface area contributed by atoms with Crippen LogP contribution >= 0.6 is 0 Å². The molecule has 0 fully saturated rings.